The molecule has 8 aromatic carbocycles. The van der Waals surface area contributed by atoms with Crippen LogP contribution >= 0.6 is 0 Å². The SMILES string of the molecule is [2H]c1c([2H])c([2H])c(-n2c(-c3cccc(-c4c5ccccc5c(-c5ccc6ccccc6c5)c5ccccc45)c3)nc3ccccc32)c([2H])c1[2H]. The van der Waals surface area contributed by atoms with Crippen LogP contribution in [0, 0.1) is 0 Å². The summed E-state index contributed by atoms with van der Waals surface area (Å²) in [5.41, 5.74) is 6.57. The highest BCUT2D eigenvalue weighted by molar-refractivity contribution is 6.21. The number of aromatic nitrogens is 2. The van der Waals surface area contributed by atoms with Crippen molar-refractivity contribution in [2.45, 2.75) is 0 Å². The van der Waals surface area contributed by atoms with Gasteiger partial charge in [0.1, 0.15) is 5.82 Å². The molecule has 0 saturated carbocycles. The summed E-state index contributed by atoms with van der Waals surface area (Å²) >= 11 is 0. The first-order valence-corrected chi connectivity index (χ1v) is 15.0. The van der Waals surface area contributed by atoms with Gasteiger partial charge in [0.05, 0.1) is 17.9 Å². The van der Waals surface area contributed by atoms with E-state index in [1.54, 1.807) is 4.57 Å². The molecule has 9 aromatic rings. The summed E-state index contributed by atoms with van der Waals surface area (Å²) in [7, 11) is 0. The Morgan fingerprint density at radius 3 is 1.76 bits per heavy atom. The molecule has 0 bridgehead atoms. The average molecular weight is 578 g/mol. The minimum Gasteiger partial charge on any atom is -0.292 e. The molecule has 45 heavy (non-hydrogen) atoms. The van der Waals surface area contributed by atoms with Gasteiger partial charge in [0, 0.05) is 11.3 Å². The largest absolute Gasteiger partial charge is 0.292 e. The quantitative estimate of drug-likeness (QED) is 0.190. The highest BCUT2D eigenvalue weighted by atomic mass is 15.1. The summed E-state index contributed by atoms with van der Waals surface area (Å²) in [6.45, 7) is 0. The molecule has 0 aliphatic carbocycles. The van der Waals surface area contributed by atoms with Gasteiger partial charge in [-0.05, 0) is 90.9 Å². The third-order valence-corrected chi connectivity index (χ3v) is 8.65. The van der Waals surface area contributed by atoms with E-state index in [9.17, 15) is 0 Å². The Kier molecular flexibility index (Phi) is 4.78. The number of nitrogens with zero attached hydrogens (tertiary/aromatic N) is 2. The van der Waals surface area contributed by atoms with Crippen LogP contribution in [0.1, 0.15) is 6.85 Å². The second-order valence-corrected chi connectivity index (χ2v) is 11.2. The van der Waals surface area contributed by atoms with E-state index in [1.807, 2.05) is 36.4 Å². The molecule has 1 heterocycles. The number of imidazole rings is 1. The first-order valence-electron chi connectivity index (χ1n) is 17.5. The van der Waals surface area contributed by atoms with Crippen LogP contribution in [0.5, 0.6) is 0 Å². The smallest absolute Gasteiger partial charge is 0.145 e. The lowest BCUT2D eigenvalue weighted by atomic mass is 9.85. The maximum Gasteiger partial charge on any atom is 0.145 e. The zero-order valence-corrected chi connectivity index (χ0v) is 24.2. The maximum absolute atomic E-state index is 8.82. The molecule has 2 nitrogen and oxygen atoms in total. The summed E-state index contributed by atoms with van der Waals surface area (Å²) in [4.78, 5) is 4.99. The summed E-state index contributed by atoms with van der Waals surface area (Å²) < 4.78 is 44.3. The molecule has 0 amide bonds. The number of hydrogen-bond donors (Lipinski definition) is 0. The molecule has 2 heteroatoms. The molecular weight excluding hydrogens is 544 g/mol. The van der Waals surface area contributed by atoms with Gasteiger partial charge in [0.2, 0.25) is 0 Å². The highest BCUT2D eigenvalue weighted by Crippen LogP contribution is 2.44. The molecule has 1 aromatic heterocycles. The van der Waals surface area contributed by atoms with Crippen LogP contribution in [-0.4, -0.2) is 9.55 Å². The Labute approximate surface area is 268 Å². The molecule has 0 unspecified atom stereocenters. The highest BCUT2D eigenvalue weighted by Gasteiger charge is 2.19. The molecule has 210 valence electrons. The summed E-state index contributed by atoms with van der Waals surface area (Å²) in [5.74, 6) is 0.493. The zero-order chi connectivity index (χ0) is 34.1. The fraction of sp³-hybridized carbons (Fsp3) is 0. The number of hydrogen-bond acceptors (Lipinski definition) is 1. The molecule has 9 rings (SSSR count). The summed E-state index contributed by atoms with van der Waals surface area (Å²) in [6, 6.07) is 46.0. The van der Waals surface area contributed by atoms with Crippen molar-refractivity contribution < 1.29 is 6.85 Å². The van der Waals surface area contributed by atoms with E-state index in [0.717, 1.165) is 43.8 Å². The van der Waals surface area contributed by atoms with Crippen molar-refractivity contribution >= 4 is 43.4 Å². The topological polar surface area (TPSA) is 17.8 Å². The third-order valence-electron chi connectivity index (χ3n) is 8.65. The van der Waals surface area contributed by atoms with Gasteiger partial charge in [-0.15, -0.1) is 0 Å². The van der Waals surface area contributed by atoms with Crippen LogP contribution in [0.4, 0.5) is 0 Å². The Hall–Kier alpha value is -5.99. The minimum absolute atomic E-state index is 0.0701. The van der Waals surface area contributed by atoms with Gasteiger partial charge in [0.25, 0.3) is 0 Å². The van der Waals surface area contributed by atoms with Crippen LogP contribution in [0.3, 0.4) is 0 Å². The van der Waals surface area contributed by atoms with Gasteiger partial charge >= 0.3 is 0 Å². The van der Waals surface area contributed by atoms with Crippen molar-refractivity contribution in [1.29, 1.82) is 0 Å². The van der Waals surface area contributed by atoms with Crippen LogP contribution in [0.25, 0.3) is 82.7 Å². The predicted molar refractivity (Wildman–Crippen MR) is 190 cm³/mol. The molecular formula is C43H28N2. The van der Waals surface area contributed by atoms with Crippen LogP contribution in [0.15, 0.2) is 170 Å². The fourth-order valence-corrected chi connectivity index (χ4v) is 6.71. The van der Waals surface area contributed by atoms with E-state index >= 15 is 0 Å². The molecule has 0 aliphatic heterocycles. The van der Waals surface area contributed by atoms with Gasteiger partial charge in [-0.2, -0.15) is 0 Å². The van der Waals surface area contributed by atoms with Crippen molar-refractivity contribution in [1.82, 2.24) is 9.55 Å². The standard InChI is InChI=1S/C43H28N2/c1-2-17-34(18-3-1)45-40-24-11-10-23-39(40)44-43(45)33-16-12-15-31(28-33)41-35-19-6-8-21-37(35)42(38-22-9-7-20-36(38)41)32-26-25-29-13-4-5-14-30(29)27-32/h1-28H/i1D,2D,3D,17D,18D. The lowest BCUT2D eigenvalue weighted by Crippen LogP contribution is -1.97. The van der Waals surface area contributed by atoms with E-state index in [0.29, 0.717) is 16.9 Å². The van der Waals surface area contributed by atoms with Crippen LogP contribution in [-0.2, 0) is 0 Å². The molecule has 0 spiro atoms. The van der Waals surface area contributed by atoms with Crippen molar-refractivity contribution in [3.63, 3.8) is 0 Å². The molecule has 0 N–H and O–H groups in total. The second-order valence-electron chi connectivity index (χ2n) is 11.2. The van der Waals surface area contributed by atoms with E-state index < -0.39 is 6.04 Å². The molecule has 0 aliphatic rings. The lowest BCUT2D eigenvalue weighted by Gasteiger charge is -2.18. The summed E-state index contributed by atoms with van der Waals surface area (Å²) in [6.07, 6.45) is 0. The van der Waals surface area contributed by atoms with Gasteiger partial charge in [0.15, 0.2) is 0 Å². The molecule has 0 saturated heterocycles. The third kappa shape index (κ3) is 4.15. The normalized spacial score (nSPS) is 13.1. The molecule has 0 atom stereocenters. The van der Waals surface area contributed by atoms with E-state index in [-0.39, 0.29) is 29.9 Å². The van der Waals surface area contributed by atoms with E-state index in [2.05, 4.69) is 103 Å². The summed E-state index contributed by atoms with van der Waals surface area (Å²) in [5, 5.41) is 6.92. The Morgan fingerprint density at radius 1 is 0.467 bits per heavy atom. The van der Waals surface area contributed by atoms with E-state index in [4.69, 9.17) is 11.8 Å². The van der Waals surface area contributed by atoms with Crippen molar-refractivity contribution in [3.05, 3.63) is 170 Å². The monoisotopic (exact) mass is 577 g/mol. The minimum atomic E-state index is -0.428. The number of benzene rings is 8. The van der Waals surface area contributed by atoms with Crippen molar-refractivity contribution in [2.24, 2.45) is 0 Å². The number of rotatable bonds is 4. The Morgan fingerprint density at radius 2 is 1.04 bits per heavy atom. The first-order chi connectivity index (χ1) is 24.4. The second kappa shape index (κ2) is 10.3. The first kappa shape index (κ1) is 20.8. The van der Waals surface area contributed by atoms with Crippen LogP contribution in [0.2, 0.25) is 0 Å². The van der Waals surface area contributed by atoms with E-state index in [1.165, 1.54) is 16.3 Å². The van der Waals surface area contributed by atoms with Gasteiger partial charge in [-0.25, -0.2) is 4.98 Å². The lowest BCUT2D eigenvalue weighted by molar-refractivity contribution is 1.10. The fourth-order valence-electron chi connectivity index (χ4n) is 6.71. The van der Waals surface area contributed by atoms with Gasteiger partial charge < -0.3 is 0 Å². The van der Waals surface area contributed by atoms with Crippen LogP contribution < -0.4 is 0 Å². The Balaban J connectivity index is 1.32. The Bertz CT molecular complexity index is 2750. The van der Waals surface area contributed by atoms with Gasteiger partial charge in [-0.3, -0.25) is 4.57 Å². The zero-order valence-electron chi connectivity index (χ0n) is 29.2. The van der Waals surface area contributed by atoms with Crippen molar-refractivity contribution in [3.8, 4) is 39.3 Å². The van der Waals surface area contributed by atoms with Gasteiger partial charge in [-0.1, -0.05) is 133 Å². The average Bonchev–Trinajstić information content (AvgIpc) is 3.54. The molecule has 0 fully saturated rings. The van der Waals surface area contributed by atoms with Crippen molar-refractivity contribution in [2.75, 3.05) is 0 Å². The predicted octanol–water partition coefficient (Wildman–Crippen LogP) is 11.5. The number of para-hydroxylation sites is 3. The molecule has 0 radical (unpaired) electrons. The number of fused-ring (bicyclic) bond motifs is 4. The maximum atomic E-state index is 8.82.